The molecule has 2 nitrogen and oxygen atoms in total. The molecule has 0 N–H and O–H groups in total. The molecule has 22 heavy (non-hydrogen) atoms. The monoisotopic (exact) mass is 318 g/mol. The first kappa shape index (κ1) is 16.5. The Kier molecular flexibility index (Phi) is 5.56. The molecule has 0 spiro atoms. The van der Waals surface area contributed by atoms with Crippen LogP contribution in [0.15, 0.2) is 41.4 Å². The minimum atomic E-state index is -0.228. The second-order valence-electron chi connectivity index (χ2n) is 5.35. The molecule has 116 valence electrons. The number of rotatable bonds is 5. The number of nitrogens with zero attached hydrogens (tertiary/aromatic N) is 2. The summed E-state index contributed by atoms with van der Waals surface area (Å²) in [6, 6.07) is 10.5. The lowest BCUT2D eigenvalue weighted by Crippen LogP contribution is -2.14. The summed E-state index contributed by atoms with van der Waals surface area (Å²) >= 11 is 6.36. The quantitative estimate of drug-likeness (QED) is 0.560. The maximum Gasteiger partial charge on any atom is 0.123 e. The summed E-state index contributed by atoms with van der Waals surface area (Å²) < 4.78 is 13.3. The van der Waals surface area contributed by atoms with Crippen molar-refractivity contribution in [1.29, 1.82) is 0 Å². The van der Waals surface area contributed by atoms with Crippen LogP contribution in [-0.2, 0) is 6.42 Å². The Balaban J connectivity index is 2.24. The van der Waals surface area contributed by atoms with Gasteiger partial charge in [0.15, 0.2) is 0 Å². The Morgan fingerprint density at radius 2 is 2.05 bits per heavy atom. The maximum atomic E-state index is 13.3. The molecule has 2 rings (SSSR count). The molecule has 0 fully saturated rings. The van der Waals surface area contributed by atoms with Gasteiger partial charge in [0.25, 0.3) is 0 Å². The summed E-state index contributed by atoms with van der Waals surface area (Å²) in [6.45, 7) is 4.96. The molecule has 4 heteroatoms. The van der Waals surface area contributed by atoms with Crippen LogP contribution >= 0.6 is 11.6 Å². The van der Waals surface area contributed by atoms with Gasteiger partial charge in [-0.25, -0.2) is 9.38 Å². The van der Waals surface area contributed by atoms with Crippen LogP contribution in [-0.4, -0.2) is 24.8 Å². The SMILES string of the molecule is CCN(C)C=Nc1cc(Cl)c(Cc2cccc(F)c2)cc1C. The molecule has 0 radical (unpaired) electrons. The summed E-state index contributed by atoms with van der Waals surface area (Å²) in [7, 11) is 1.97. The molecule has 0 aliphatic heterocycles. The predicted molar refractivity (Wildman–Crippen MR) is 91.9 cm³/mol. The molecular formula is C18H20ClFN2. The molecule has 0 amide bonds. The third-order valence-corrected chi connectivity index (χ3v) is 3.89. The smallest absolute Gasteiger partial charge is 0.123 e. The van der Waals surface area contributed by atoms with E-state index in [0.29, 0.717) is 11.4 Å². The third kappa shape index (κ3) is 4.31. The van der Waals surface area contributed by atoms with Crippen molar-refractivity contribution in [2.75, 3.05) is 13.6 Å². The third-order valence-electron chi connectivity index (χ3n) is 3.54. The molecule has 0 heterocycles. The second kappa shape index (κ2) is 7.41. The molecule has 0 atom stereocenters. The molecule has 0 bridgehead atoms. The Hall–Kier alpha value is -1.87. The summed E-state index contributed by atoms with van der Waals surface area (Å²) in [5.74, 6) is -0.228. The fraction of sp³-hybridized carbons (Fsp3) is 0.278. The van der Waals surface area contributed by atoms with Crippen LogP contribution in [0.25, 0.3) is 0 Å². The lowest BCUT2D eigenvalue weighted by atomic mass is 10.0. The van der Waals surface area contributed by atoms with Crippen LogP contribution in [0.4, 0.5) is 10.1 Å². The van der Waals surface area contributed by atoms with Gasteiger partial charge < -0.3 is 4.90 Å². The first-order valence-corrected chi connectivity index (χ1v) is 7.65. The van der Waals surface area contributed by atoms with Crippen molar-refractivity contribution in [1.82, 2.24) is 4.90 Å². The number of hydrogen-bond donors (Lipinski definition) is 0. The highest BCUT2D eigenvalue weighted by molar-refractivity contribution is 6.31. The summed E-state index contributed by atoms with van der Waals surface area (Å²) in [6.07, 6.45) is 2.40. The van der Waals surface area contributed by atoms with Gasteiger partial charge in [-0.3, -0.25) is 0 Å². The van der Waals surface area contributed by atoms with E-state index in [1.54, 1.807) is 12.4 Å². The standard InChI is InChI=1S/C18H20ClFN2/c1-4-22(3)12-21-18-11-17(19)15(8-13(18)2)9-14-6-5-7-16(20)10-14/h5-8,10-12H,4,9H2,1-3H3. The molecule has 0 aliphatic carbocycles. The first-order chi connectivity index (χ1) is 10.5. The van der Waals surface area contributed by atoms with E-state index in [1.165, 1.54) is 12.1 Å². The average molecular weight is 319 g/mol. The van der Waals surface area contributed by atoms with Gasteiger partial charge in [-0.05, 0) is 55.2 Å². The van der Waals surface area contributed by atoms with Crippen LogP contribution in [0, 0.1) is 12.7 Å². The van der Waals surface area contributed by atoms with Crippen LogP contribution in [0.1, 0.15) is 23.6 Å². The zero-order chi connectivity index (χ0) is 16.1. The molecule has 2 aromatic carbocycles. The van der Waals surface area contributed by atoms with Crippen molar-refractivity contribution >= 4 is 23.6 Å². The molecule has 0 saturated heterocycles. The van der Waals surface area contributed by atoms with Crippen LogP contribution in [0.2, 0.25) is 5.02 Å². The maximum absolute atomic E-state index is 13.3. The van der Waals surface area contributed by atoms with E-state index in [-0.39, 0.29) is 5.82 Å². The van der Waals surface area contributed by atoms with E-state index in [9.17, 15) is 4.39 Å². The van der Waals surface area contributed by atoms with Crippen LogP contribution < -0.4 is 0 Å². The van der Waals surface area contributed by atoms with Crippen molar-refractivity contribution in [3.8, 4) is 0 Å². The van der Waals surface area contributed by atoms with Crippen LogP contribution in [0.3, 0.4) is 0 Å². The van der Waals surface area contributed by atoms with E-state index in [1.807, 2.05) is 37.1 Å². The van der Waals surface area contributed by atoms with Gasteiger partial charge in [-0.15, -0.1) is 0 Å². The van der Waals surface area contributed by atoms with Crippen molar-refractivity contribution in [2.45, 2.75) is 20.3 Å². The zero-order valence-corrected chi connectivity index (χ0v) is 13.9. The van der Waals surface area contributed by atoms with Crippen molar-refractivity contribution in [2.24, 2.45) is 4.99 Å². The fourth-order valence-corrected chi connectivity index (χ4v) is 2.34. The van der Waals surface area contributed by atoms with Gasteiger partial charge in [0.2, 0.25) is 0 Å². The number of aliphatic imine (C=N–C) groups is 1. The first-order valence-electron chi connectivity index (χ1n) is 7.27. The largest absolute Gasteiger partial charge is 0.366 e. The zero-order valence-electron chi connectivity index (χ0n) is 13.1. The van der Waals surface area contributed by atoms with E-state index < -0.39 is 0 Å². The van der Waals surface area contributed by atoms with Gasteiger partial charge in [0, 0.05) is 18.6 Å². The normalized spacial score (nSPS) is 11.1. The summed E-state index contributed by atoms with van der Waals surface area (Å²) in [5, 5.41) is 0.654. The Bertz CT molecular complexity index is 683. The summed E-state index contributed by atoms with van der Waals surface area (Å²) in [4.78, 5) is 6.45. The number of halogens is 2. The van der Waals surface area contributed by atoms with Gasteiger partial charge in [0.1, 0.15) is 5.82 Å². The van der Waals surface area contributed by atoms with Crippen LogP contribution in [0.5, 0.6) is 0 Å². The van der Waals surface area contributed by atoms with E-state index >= 15 is 0 Å². The second-order valence-corrected chi connectivity index (χ2v) is 5.76. The summed E-state index contributed by atoms with van der Waals surface area (Å²) in [5.41, 5.74) is 3.79. The highest BCUT2D eigenvalue weighted by atomic mass is 35.5. The molecule has 2 aromatic rings. The van der Waals surface area contributed by atoms with Gasteiger partial charge in [-0.1, -0.05) is 29.8 Å². The number of benzene rings is 2. The van der Waals surface area contributed by atoms with Gasteiger partial charge in [0.05, 0.1) is 12.0 Å². The van der Waals surface area contributed by atoms with Gasteiger partial charge in [-0.2, -0.15) is 0 Å². The molecule has 0 aliphatic rings. The fourth-order valence-electron chi connectivity index (χ4n) is 2.11. The topological polar surface area (TPSA) is 15.6 Å². The van der Waals surface area contributed by atoms with Crippen molar-refractivity contribution in [3.05, 3.63) is 63.9 Å². The van der Waals surface area contributed by atoms with E-state index in [4.69, 9.17) is 11.6 Å². The highest BCUT2D eigenvalue weighted by Gasteiger charge is 2.07. The highest BCUT2D eigenvalue weighted by Crippen LogP contribution is 2.28. The minimum absolute atomic E-state index is 0.228. The van der Waals surface area contributed by atoms with E-state index in [0.717, 1.165) is 28.9 Å². The molecule has 0 aromatic heterocycles. The number of aryl methyl sites for hydroxylation is 1. The molecule has 0 saturated carbocycles. The minimum Gasteiger partial charge on any atom is -0.366 e. The lowest BCUT2D eigenvalue weighted by molar-refractivity contribution is 0.552. The predicted octanol–water partition coefficient (Wildman–Crippen LogP) is 4.99. The number of hydrogen-bond acceptors (Lipinski definition) is 1. The Morgan fingerprint density at radius 1 is 1.27 bits per heavy atom. The average Bonchev–Trinajstić information content (AvgIpc) is 2.49. The Morgan fingerprint density at radius 3 is 2.73 bits per heavy atom. The van der Waals surface area contributed by atoms with Gasteiger partial charge >= 0.3 is 0 Å². The Labute approximate surface area is 136 Å². The van der Waals surface area contributed by atoms with Crippen molar-refractivity contribution < 1.29 is 4.39 Å². The molecular weight excluding hydrogens is 299 g/mol. The lowest BCUT2D eigenvalue weighted by Gasteiger charge is -2.11. The molecule has 0 unspecified atom stereocenters. The van der Waals surface area contributed by atoms with E-state index in [2.05, 4.69) is 11.9 Å². The van der Waals surface area contributed by atoms with Crippen molar-refractivity contribution in [3.63, 3.8) is 0 Å².